The Kier molecular flexibility index (Phi) is 8.86. The van der Waals surface area contributed by atoms with Gasteiger partial charge in [-0.1, -0.05) is 33.6 Å². The molecule has 0 fully saturated rings. The van der Waals surface area contributed by atoms with Gasteiger partial charge in [0.1, 0.15) is 0 Å². The summed E-state index contributed by atoms with van der Waals surface area (Å²) >= 11 is 0. The Hall–Kier alpha value is 0.430. The fourth-order valence-electron chi connectivity index (χ4n) is 1.06. The van der Waals surface area contributed by atoms with Gasteiger partial charge in [-0.2, -0.15) is 0 Å². The van der Waals surface area contributed by atoms with Crippen molar-refractivity contribution in [3.8, 4) is 0 Å². The minimum atomic E-state index is 0.908. The zero-order valence-corrected chi connectivity index (χ0v) is 9.32. The Balaban J connectivity index is 2.80. The van der Waals surface area contributed by atoms with Gasteiger partial charge in [0.2, 0.25) is 0 Å². The lowest BCUT2D eigenvalue weighted by atomic mass is 10.1. The quantitative estimate of drug-likeness (QED) is 0.405. The van der Waals surface area contributed by atoms with Gasteiger partial charge >= 0.3 is 0 Å². The standard InChI is InChI=1S/C10H23P/c1-4-5-8-11-9-6-7-10(2)3/h10-11H,4-9H2,1-3H3. The van der Waals surface area contributed by atoms with Gasteiger partial charge in [0.25, 0.3) is 0 Å². The fraction of sp³-hybridized carbons (Fsp3) is 1.00. The molecule has 0 spiro atoms. The molecule has 0 aliphatic heterocycles. The van der Waals surface area contributed by atoms with E-state index in [4.69, 9.17) is 0 Å². The van der Waals surface area contributed by atoms with Crippen LogP contribution in [0.3, 0.4) is 0 Å². The van der Waals surface area contributed by atoms with Crippen molar-refractivity contribution in [2.24, 2.45) is 5.92 Å². The first kappa shape index (κ1) is 11.4. The van der Waals surface area contributed by atoms with Gasteiger partial charge in [-0.3, -0.25) is 0 Å². The van der Waals surface area contributed by atoms with E-state index in [1.54, 1.807) is 0 Å². The van der Waals surface area contributed by atoms with Crippen molar-refractivity contribution in [3.05, 3.63) is 0 Å². The molecule has 0 N–H and O–H groups in total. The number of rotatable bonds is 7. The smallest absolute Gasteiger partial charge is 0.0353 e. The summed E-state index contributed by atoms with van der Waals surface area (Å²) in [6.45, 7) is 6.91. The van der Waals surface area contributed by atoms with E-state index in [9.17, 15) is 0 Å². The van der Waals surface area contributed by atoms with Crippen molar-refractivity contribution in [2.45, 2.75) is 46.5 Å². The molecule has 11 heavy (non-hydrogen) atoms. The van der Waals surface area contributed by atoms with Crippen LogP contribution in [0.15, 0.2) is 0 Å². The van der Waals surface area contributed by atoms with Crippen molar-refractivity contribution in [2.75, 3.05) is 12.3 Å². The lowest BCUT2D eigenvalue weighted by Gasteiger charge is -2.03. The molecule has 0 nitrogen and oxygen atoms in total. The van der Waals surface area contributed by atoms with Crippen molar-refractivity contribution >= 4 is 8.58 Å². The Labute approximate surface area is 73.9 Å². The molecule has 0 radical (unpaired) electrons. The van der Waals surface area contributed by atoms with Crippen molar-refractivity contribution in [1.82, 2.24) is 0 Å². The molecule has 0 saturated heterocycles. The average Bonchev–Trinajstić information content (AvgIpc) is 1.96. The summed E-state index contributed by atoms with van der Waals surface area (Å²) in [6.07, 6.45) is 8.67. The Morgan fingerprint density at radius 1 is 1.09 bits per heavy atom. The normalized spacial score (nSPS) is 12.0. The third-order valence-electron chi connectivity index (χ3n) is 1.84. The van der Waals surface area contributed by atoms with Gasteiger partial charge in [-0.25, -0.2) is 0 Å². The van der Waals surface area contributed by atoms with Gasteiger partial charge in [-0.05, 0) is 31.1 Å². The molecule has 0 amide bonds. The maximum Gasteiger partial charge on any atom is -0.0353 e. The summed E-state index contributed by atoms with van der Waals surface area (Å²) in [6, 6.07) is 0. The summed E-state index contributed by atoms with van der Waals surface area (Å²) in [7, 11) is 1.24. The highest BCUT2D eigenvalue weighted by molar-refractivity contribution is 7.37. The molecule has 0 heterocycles. The second kappa shape index (κ2) is 8.53. The summed E-state index contributed by atoms with van der Waals surface area (Å²) in [4.78, 5) is 0. The molecule has 1 unspecified atom stereocenters. The van der Waals surface area contributed by atoms with Crippen LogP contribution in [-0.2, 0) is 0 Å². The van der Waals surface area contributed by atoms with Gasteiger partial charge in [0.05, 0.1) is 0 Å². The molecule has 0 saturated carbocycles. The molecule has 0 aliphatic rings. The largest absolute Gasteiger partial charge is 0.122 e. The topological polar surface area (TPSA) is 0 Å². The summed E-state index contributed by atoms with van der Waals surface area (Å²) in [5, 5.41) is 0. The van der Waals surface area contributed by atoms with E-state index in [-0.39, 0.29) is 0 Å². The molecule has 0 aromatic heterocycles. The minimum absolute atomic E-state index is 0.908. The zero-order chi connectivity index (χ0) is 8.53. The second-order valence-corrected chi connectivity index (χ2v) is 5.14. The SMILES string of the molecule is CCCCPCCCC(C)C. The minimum Gasteiger partial charge on any atom is -0.122 e. The third kappa shape index (κ3) is 10.4. The van der Waals surface area contributed by atoms with Crippen molar-refractivity contribution in [3.63, 3.8) is 0 Å². The highest BCUT2D eigenvalue weighted by atomic mass is 31.1. The molecule has 1 atom stereocenters. The van der Waals surface area contributed by atoms with Crippen molar-refractivity contribution < 1.29 is 0 Å². The van der Waals surface area contributed by atoms with E-state index >= 15 is 0 Å². The van der Waals surface area contributed by atoms with Crippen LogP contribution in [0.1, 0.15) is 46.5 Å². The monoisotopic (exact) mass is 174 g/mol. The van der Waals surface area contributed by atoms with Crippen LogP contribution in [0, 0.1) is 5.92 Å². The average molecular weight is 174 g/mol. The molecule has 0 bridgehead atoms. The molecule has 0 aliphatic carbocycles. The van der Waals surface area contributed by atoms with E-state index < -0.39 is 0 Å². The lowest BCUT2D eigenvalue weighted by Crippen LogP contribution is -1.88. The number of hydrogen-bond donors (Lipinski definition) is 0. The van der Waals surface area contributed by atoms with E-state index in [0.717, 1.165) is 5.92 Å². The maximum atomic E-state index is 2.31. The van der Waals surface area contributed by atoms with E-state index in [1.165, 1.54) is 46.6 Å². The van der Waals surface area contributed by atoms with Gasteiger partial charge < -0.3 is 0 Å². The molecular weight excluding hydrogens is 151 g/mol. The summed E-state index contributed by atoms with van der Waals surface area (Å²) in [5.41, 5.74) is 0. The van der Waals surface area contributed by atoms with Gasteiger partial charge in [0, 0.05) is 0 Å². The molecular formula is C10H23P. The van der Waals surface area contributed by atoms with E-state index in [1.807, 2.05) is 0 Å². The van der Waals surface area contributed by atoms with Crippen LogP contribution in [0.5, 0.6) is 0 Å². The molecule has 68 valence electrons. The van der Waals surface area contributed by atoms with Crippen LogP contribution in [-0.4, -0.2) is 12.3 Å². The molecule has 0 aromatic carbocycles. The Morgan fingerprint density at radius 3 is 2.27 bits per heavy atom. The number of unbranched alkanes of at least 4 members (excludes halogenated alkanes) is 1. The fourth-order valence-corrected chi connectivity index (χ4v) is 2.37. The number of hydrogen-bond acceptors (Lipinski definition) is 0. The predicted molar refractivity (Wildman–Crippen MR) is 57.0 cm³/mol. The van der Waals surface area contributed by atoms with Crippen molar-refractivity contribution in [1.29, 1.82) is 0 Å². The van der Waals surface area contributed by atoms with Gasteiger partial charge in [0.15, 0.2) is 0 Å². The van der Waals surface area contributed by atoms with E-state index in [0.29, 0.717) is 0 Å². The Morgan fingerprint density at radius 2 is 1.73 bits per heavy atom. The summed E-state index contributed by atoms with van der Waals surface area (Å²) in [5.74, 6) is 0.908. The van der Waals surface area contributed by atoms with Gasteiger partial charge in [-0.15, -0.1) is 8.58 Å². The third-order valence-corrected chi connectivity index (χ3v) is 3.26. The molecule has 0 aromatic rings. The van der Waals surface area contributed by atoms with Crippen LogP contribution in [0.25, 0.3) is 0 Å². The first-order valence-corrected chi connectivity index (χ1v) is 6.39. The highest BCUT2D eigenvalue weighted by Gasteiger charge is 1.93. The van der Waals surface area contributed by atoms with Crippen LogP contribution in [0.4, 0.5) is 0 Å². The highest BCUT2D eigenvalue weighted by Crippen LogP contribution is 2.16. The predicted octanol–water partition coefficient (Wildman–Crippen LogP) is 3.90. The maximum absolute atomic E-state index is 2.31. The second-order valence-electron chi connectivity index (χ2n) is 3.64. The first-order valence-electron chi connectivity index (χ1n) is 4.98. The van der Waals surface area contributed by atoms with Crippen LogP contribution in [0.2, 0.25) is 0 Å². The molecule has 0 rings (SSSR count). The lowest BCUT2D eigenvalue weighted by molar-refractivity contribution is 0.578. The van der Waals surface area contributed by atoms with Crippen LogP contribution >= 0.6 is 8.58 Å². The zero-order valence-electron chi connectivity index (χ0n) is 8.32. The molecule has 1 heteroatoms. The summed E-state index contributed by atoms with van der Waals surface area (Å²) < 4.78 is 0. The Bertz CT molecular complexity index is 69.3. The first-order chi connectivity index (χ1) is 5.27. The van der Waals surface area contributed by atoms with E-state index in [2.05, 4.69) is 20.8 Å². The van der Waals surface area contributed by atoms with Crippen LogP contribution < -0.4 is 0 Å².